The molecule has 1 aliphatic rings. The molecule has 7 heteroatoms. The molecule has 0 radical (unpaired) electrons. The van der Waals surface area contributed by atoms with Crippen LogP contribution in [0.25, 0.3) is 11.1 Å². The van der Waals surface area contributed by atoms with Gasteiger partial charge in [0, 0.05) is 31.0 Å². The highest BCUT2D eigenvalue weighted by molar-refractivity contribution is 5.76. The van der Waals surface area contributed by atoms with E-state index in [1.54, 1.807) is 4.68 Å². The summed E-state index contributed by atoms with van der Waals surface area (Å²) in [4.78, 5) is 19.3. The topological polar surface area (TPSA) is 69.5 Å². The highest BCUT2D eigenvalue weighted by atomic mass is 16.5. The molecule has 1 aromatic carbocycles. The minimum atomic E-state index is -0.245. The summed E-state index contributed by atoms with van der Waals surface area (Å²) in [6.45, 7) is 5.90. The van der Waals surface area contributed by atoms with Crippen LogP contribution < -0.4 is 4.74 Å². The molecule has 7 nitrogen and oxygen atoms in total. The number of morpholine rings is 1. The van der Waals surface area contributed by atoms with E-state index in [2.05, 4.69) is 10.1 Å². The molecule has 1 saturated heterocycles. The van der Waals surface area contributed by atoms with Crippen molar-refractivity contribution in [2.45, 2.75) is 26.4 Å². The van der Waals surface area contributed by atoms with Crippen LogP contribution in [0.4, 0.5) is 0 Å². The van der Waals surface area contributed by atoms with Crippen LogP contribution in [0.5, 0.6) is 5.75 Å². The third kappa shape index (κ3) is 5.11. The number of aromatic nitrogens is 3. The smallest absolute Gasteiger partial charge is 0.226 e. The maximum Gasteiger partial charge on any atom is 0.226 e. The summed E-state index contributed by atoms with van der Waals surface area (Å²) in [7, 11) is 1.90. The molecular formula is C24H28N4O3. The Morgan fingerprint density at radius 1 is 1.23 bits per heavy atom. The summed E-state index contributed by atoms with van der Waals surface area (Å²) in [6.07, 6.45) is 3.91. The molecule has 0 aliphatic carbocycles. The average Bonchev–Trinajstić information content (AvgIpc) is 3.21. The van der Waals surface area contributed by atoms with Gasteiger partial charge < -0.3 is 14.4 Å². The SMILES string of the molecule is Cc1cc(-c2cnn(C)c2)cc([C@@H]2CN(C(=O)CCOc3ccccc3C)CCO2)n1. The quantitative estimate of drug-likeness (QED) is 0.611. The van der Waals surface area contributed by atoms with Crippen LogP contribution in [0.2, 0.25) is 0 Å². The van der Waals surface area contributed by atoms with E-state index in [1.807, 2.05) is 74.6 Å². The number of nitrogens with zero attached hydrogens (tertiary/aromatic N) is 4. The van der Waals surface area contributed by atoms with Gasteiger partial charge in [0.25, 0.3) is 0 Å². The number of para-hydroxylation sites is 1. The van der Waals surface area contributed by atoms with Crippen LogP contribution in [-0.2, 0) is 16.6 Å². The molecule has 3 aromatic rings. The Hall–Kier alpha value is -3.19. The van der Waals surface area contributed by atoms with Crippen molar-refractivity contribution < 1.29 is 14.3 Å². The molecule has 31 heavy (non-hydrogen) atoms. The summed E-state index contributed by atoms with van der Waals surface area (Å²) >= 11 is 0. The number of pyridine rings is 1. The maximum absolute atomic E-state index is 12.8. The van der Waals surface area contributed by atoms with E-state index >= 15 is 0 Å². The van der Waals surface area contributed by atoms with Gasteiger partial charge in [0.15, 0.2) is 0 Å². The van der Waals surface area contributed by atoms with Crippen LogP contribution in [0.1, 0.15) is 29.5 Å². The van der Waals surface area contributed by atoms with E-state index < -0.39 is 0 Å². The predicted molar refractivity (Wildman–Crippen MR) is 118 cm³/mol. The highest BCUT2D eigenvalue weighted by Crippen LogP contribution is 2.27. The zero-order chi connectivity index (χ0) is 21.8. The molecule has 0 saturated carbocycles. The summed E-state index contributed by atoms with van der Waals surface area (Å²) in [6, 6.07) is 11.9. The molecule has 3 heterocycles. The van der Waals surface area contributed by atoms with E-state index in [0.29, 0.717) is 32.7 Å². The van der Waals surface area contributed by atoms with Crippen LogP contribution in [0.15, 0.2) is 48.8 Å². The monoisotopic (exact) mass is 420 g/mol. The first-order valence-corrected chi connectivity index (χ1v) is 10.5. The van der Waals surface area contributed by atoms with Gasteiger partial charge in [-0.2, -0.15) is 5.10 Å². The van der Waals surface area contributed by atoms with Gasteiger partial charge in [-0.25, -0.2) is 0 Å². The molecule has 0 unspecified atom stereocenters. The number of benzene rings is 1. The van der Waals surface area contributed by atoms with Gasteiger partial charge in [-0.05, 0) is 43.2 Å². The second-order valence-electron chi connectivity index (χ2n) is 7.89. The molecular weight excluding hydrogens is 392 g/mol. The van der Waals surface area contributed by atoms with Gasteiger partial charge in [0.2, 0.25) is 5.91 Å². The first kappa shape index (κ1) is 21.1. The standard InChI is InChI=1S/C24H28N4O3/c1-17-6-4-5-7-22(17)30-10-8-24(29)28-9-11-31-23(16-28)21-13-19(12-18(2)26-21)20-14-25-27(3)15-20/h4-7,12-15,23H,8-11,16H2,1-3H3/t23-/m0/s1. The van der Waals surface area contributed by atoms with Crippen molar-refractivity contribution in [2.75, 3.05) is 26.3 Å². The Labute approximate surface area is 182 Å². The molecule has 4 rings (SSSR count). The van der Waals surface area contributed by atoms with Crippen LogP contribution in [-0.4, -0.2) is 51.9 Å². The van der Waals surface area contributed by atoms with Crippen molar-refractivity contribution >= 4 is 5.91 Å². The minimum Gasteiger partial charge on any atom is -0.493 e. The Bertz CT molecular complexity index is 1060. The van der Waals surface area contributed by atoms with E-state index in [9.17, 15) is 4.79 Å². The number of carbonyl (C=O) groups excluding carboxylic acids is 1. The van der Waals surface area contributed by atoms with E-state index in [-0.39, 0.29) is 12.0 Å². The lowest BCUT2D eigenvalue weighted by Gasteiger charge is -2.33. The largest absolute Gasteiger partial charge is 0.493 e. The number of aryl methyl sites for hydroxylation is 3. The Kier molecular flexibility index (Phi) is 6.32. The second-order valence-corrected chi connectivity index (χ2v) is 7.89. The Morgan fingerprint density at radius 3 is 2.84 bits per heavy atom. The number of carbonyl (C=O) groups is 1. The molecule has 1 atom stereocenters. The summed E-state index contributed by atoms with van der Waals surface area (Å²) in [5.74, 6) is 0.893. The Balaban J connectivity index is 1.39. The van der Waals surface area contributed by atoms with Crippen molar-refractivity contribution in [2.24, 2.45) is 7.05 Å². The van der Waals surface area contributed by atoms with Gasteiger partial charge in [0.1, 0.15) is 11.9 Å². The molecule has 1 aliphatic heterocycles. The number of amides is 1. The average molecular weight is 421 g/mol. The van der Waals surface area contributed by atoms with Gasteiger partial charge in [-0.3, -0.25) is 14.5 Å². The van der Waals surface area contributed by atoms with E-state index in [1.165, 1.54) is 0 Å². The first-order chi connectivity index (χ1) is 15.0. The zero-order valence-electron chi connectivity index (χ0n) is 18.2. The molecule has 1 fully saturated rings. The molecule has 0 N–H and O–H groups in total. The fourth-order valence-electron chi connectivity index (χ4n) is 3.78. The lowest BCUT2D eigenvalue weighted by molar-refractivity contribution is -0.139. The van der Waals surface area contributed by atoms with Gasteiger partial charge in [0.05, 0.1) is 38.1 Å². The first-order valence-electron chi connectivity index (χ1n) is 10.5. The van der Waals surface area contributed by atoms with E-state index in [0.717, 1.165) is 33.8 Å². The summed E-state index contributed by atoms with van der Waals surface area (Å²) < 4.78 is 13.5. The third-order valence-electron chi connectivity index (χ3n) is 5.43. The van der Waals surface area contributed by atoms with Gasteiger partial charge in [-0.1, -0.05) is 18.2 Å². The summed E-state index contributed by atoms with van der Waals surface area (Å²) in [5, 5.41) is 4.26. The number of rotatable bonds is 6. The van der Waals surface area contributed by atoms with Gasteiger partial charge >= 0.3 is 0 Å². The lowest BCUT2D eigenvalue weighted by atomic mass is 10.1. The fraction of sp³-hybridized carbons (Fsp3) is 0.375. The van der Waals surface area contributed by atoms with Crippen LogP contribution in [0, 0.1) is 13.8 Å². The van der Waals surface area contributed by atoms with E-state index in [4.69, 9.17) is 9.47 Å². The fourth-order valence-corrected chi connectivity index (χ4v) is 3.78. The number of hydrogen-bond donors (Lipinski definition) is 0. The van der Waals surface area contributed by atoms with Crippen molar-refractivity contribution in [3.8, 4) is 16.9 Å². The van der Waals surface area contributed by atoms with Gasteiger partial charge in [-0.15, -0.1) is 0 Å². The normalized spacial score (nSPS) is 16.4. The molecule has 1 amide bonds. The van der Waals surface area contributed by atoms with Crippen molar-refractivity contribution in [1.29, 1.82) is 0 Å². The lowest BCUT2D eigenvalue weighted by Crippen LogP contribution is -2.42. The maximum atomic E-state index is 12.8. The minimum absolute atomic E-state index is 0.0713. The Morgan fingerprint density at radius 2 is 2.06 bits per heavy atom. The molecule has 0 spiro atoms. The van der Waals surface area contributed by atoms with Crippen molar-refractivity contribution in [3.63, 3.8) is 0 Å². The molecule has 2 aromatic heterocycles. The summed E-state index contributed by atoms with van der Waals surface area (Å²) in [5.41, 5.74) is 4.90. The third-order valence-corrected chi connectivity index (χ3v) is 5.43. The molecule has 162 valence electrons. The van der Waals surface area contributed by atoms with Crippen molar-refractivity contribution in [1.82, 2.24) is 19.7 Å². The highest BCUT2D eigenvalue weighted by Gasteiger charge is 2.26. The predicted octanol–water partition coefficient (Wildman–Crippen LogP) is 3.47. The zero-order valence-corrected chi connectivity index (χ0v) is 18.2. The van der Waals surface area contributed by atoms with Crippen molar-refractivity contribution in [3.05, 3.63) is 65.7 Å². The molecule has 0 bridgehead atoms. The van der Waals surface area contributed by atoms with Crippen LogP contribution >= 0.6 is 0 Å². The number of ether oxygens (including phenoxy) is 2. The number of hydrogen-bond acceptors (Lipinski definition) is 5. The van der Waals surface area contributed by atoms with Crippen LogP contribution in [0.3, 0.4) is 0 Å². The second kappa shape index (κ2) is 9.31.